The van der Waals surface area contributed by atoms with Crippen LogP contribution >= 0.6 is 0 Å². The minimum atomic E-state index is -0.775. The van der Waals surface area contributed by atoms with Crippen molar-refractivity contribution in [2.75, 3.05) is 43.9 Å². The highest BCUT2D eigenvalue weighted by molar-refractivity contribution is 5.80. The Labute approximate surface area is 123 Å². The summed E-state index contributed by atoms with van der Waals surface area (Å²) in [5.74, 6) is -1.70. The van der Waals surface area contributed by atoms with Gasteiger partial charge in [-0.3, -0.25) is 4.79 Å². The smallest absolute Gasteiger partial charge is 0.241 e. The molecule has 0 spiro atoms. The third kappa shape index (κ3) is 4.54. The number of halogens is 2. The van der Waals surface area contributed by atoms with Gasteiger partial charge in [-0.25, -0.2) is 13.8 Å². The van der Waals surface area contributed by atoms with Gasteiger partial charge in [-0.15, -0.1) is 0 Å². The standard InChI is InChI=1S/C14H22F2N4O/c1-5-7-17-13-10(15)8-11(16)14(18-13)20(6-2)9-12(21)19(3)4/h8H,5-7,9H2,1-4H3,(H,17,18). The van der Waals surface area contributed by atoms with Crippen LogP contribution in [-0.4, -0.2) is 49.5 Å². The number of nitrogens with zero attached hydrogens (tertiary/aromatic N) is 3. The average molecular weight is 300 g/mol. The van der Waals surface area contributed by atoms with Gasteiger partial charge in [0.15, 0.2) is 23.3 Å². The molecule has 0 saturated heterocycles. The van der Waals surface area contributed by atoms with Gasteiger partial charge < -0.3 is 15.1 Å². The molecule has 21 heavy (non-hydrogen) atoms. The molecule has 0 radical (unpaired) electrons. The normalized spacial score (nSPS) is 10.4. The molecule has 0 bridgehead atoms. The fourth-order valence-corrected chi connectivity index (χ4v) is 1.69. The number of aromatic nitrogens is 1. The van der Waals surface area contributed by atoms with Gasteiger partial charge >= 0.3 is 0 Å². The Kier molecular flexibility index (Phi) is 6.33. The fraction of sp³-hybridized carbons (Fsp3) is 0.571. The molecule has 0 aliphatic heterocycles. The Morgan fingerprint density at radius 1 is 1.29 bits per heavy atom. The lowest BCUT2D eigenvalue weighted by Crippen LogP contribution is -2.37. The Morgan fingerprint density at radius 3 is 2.48 bits per heavy atom. The number of hydrogen-bond donors (Lipinski definition) is 1. The molecule has 118 valence electrons. The van der Waals surface area contributed by atoms with E-state index in [1.807, 2.05) is 6.92 Å². The highest BCUT2D eigenvalue weighted by atomic mass is 19.1. The van der Waals surface area contributed by atoms with Gasteiger partial charge in [-0.05, 0) is 13.3 Å². The molecule has 1 aromatic heterocycles. The summed E-state index contributed by atoms with van der Waals surface area (Å²) < 4.78 is 27.6. The molecule has 0 unspecified atom stereocenters. The van der Waals surface area contributed by atoms with Crippen LogP contribution in [0.4, 0.5) is 20.4 Å². The van der Waals surface area contributed by atoms with E-state index in [1.165, 1.54) is 9.80 Å². The second-order valence-electron chi connectivity index (χ2n) is 4.85. The number of hydrogen-bond acceptors (Lipinski definition) is 4. The van der Waals surface area contributed by atoms with Gasteiger partial charge in [0.2, 0.25) is 5.91 Å². The van der Waals surface area contributed by atoms with Crippen LogP contribution in [0.1, 0.15) is 20.3 Å². The third-order valence-electron chi connectivity index (χ3n) is 2.96. The van der Waals surface area contributed by atoms with Gasteiger partial charge in [0, 0.05) is 33.3 Å². The van der Waals surface area contributed by atoms with Crippen molar-refractivity contribution in [2.45, 2.75) is 20.3 Å². The molecule has 5 nitrogen and oxygen atoms in total. The molecule has 0 aliphatic rings. The van der Waals surface area contributed by atoms with Gasteiger partial charge in [0.25, 0.3) is 0 Å². The summed E-state index contributed by atoms with van der Waals surface area (Å²) in [6.07, 6.45) is 0.796. The zero-order valence-corrected chi connectivity index (χ0v) is 12.9. The minimum Gasteiger partial charge on any atom is -0.368 e. The highest BCUT2D eigenvalue weighted by Gasteiger charge is 2.19. The van der Waals surface area contributed by atoms with E-state index in [2.05, 4.69) is 10.3 Å². The monoisotopic (exact) mass is 300 g/mol. The number of pyridine rings is 1. The highest BCUT2D eigenvalue weighted by Crippen LogP contribution is 2.22. The first-order chi connectivity index (χ1) is 9.90. The number of nitrogens with one attached hydrogen (secondary N) is 1. The molecule has 7 heteroatoms. The maximum absolute atomic E-state index is 13.9. The molecule has 0 atom stereocenters. The van der Waals surface area contributed by atoms with Crippen LogP contribution in [0.25, 0.3) is 0 Å². The number of rotatable bonds is 7. The molecule has 1 rings (SSSR count). The zero-order chi connectivity index (χ0) is 16.0. The van der Waals surface area contributed by atoms with Crippen molar-refractivity contribution in [1.29, 1.82) is 0 Å². The summed E-state index contributed by atoms with van der Waals surface area (Å²) in [4.78, 5) is 18.6. The van der Waals surface area contributed by atoms with Crippen LogP contribution in [0.3, 0.4) is 0 Å². The van der Waals surface area contributed by atoms with Crippen molar-refractivity contribution in [3.63, 3.8) is 0 Å². The molecule has 0 saturated carbocycles. The van der Waals surface area contributed by atoms with Crippen molar-refractivity contribution in [2.24, 2.45) is 0 Å². The summed E-state index contributed by atoms with van der Waals surface area (Å²) in [5, 5.41) is 2.81. The first-order valence-electron chi connectivity index (χ1n) is 6.95. The van der Waals surface area contributed by atoms with Crippen LogP contribution in [0.15, 0.2) is 6.07 Å². The number of anilines is 2. The maximum atomic E-state index is 13.9. The number of carbonyl (C=O) groups excluding carboxylic acids is 1. The number of amides is 1. The molecule has 0 aromatic carbocycles. The van der Waals surface area contributed by atoms with Crippen molar-refractivity contribution in [3.05, 3.63) is 17.7 Å². The van der Waals surface area contributed by atoms with Crippen molar-refractivity contribution >= 4 is 17.5 Å². The lowest BCUT2D eigenvalue weighted by atomic mass is 10.3. The van der Waals surface area contributed by atoms with E-state index >= 15 is 0 Å². The summed E-state index contributed by atoms with van der Waals surface area (Å²) in [5.41, 5.74) is 0. The van der Waals surface area contributed by atoms with Gasteiger partial charge in [0.1, 0.15) is 0 Å². The molecule has 1 aromatic rings. The Morgan fingerprint density at radius 2 is 1.95 bits per heavy atom. The molecule has 1 N–H and O–H groups in total. The topological polar surface area (TPSA) is 48.5 Å². The minimum absolute atomic E-state index is 0.00371. The van der Waals surface area contributed by atoms with Crippen molar-refractivity contribution < 1.29 is 13.6 Å². The maximum Gasteiger partial charge on any atom is 0.241 e. The Hall–Kier alpha value is -1.92. The largest absolute Gasteiger partial charge is 0.368 e. The van der Waals surface area contributed by atoms with Crippen LogP contribution in [0, 0.1) is 11.6 Å². The Balaban J connectivity index is 3.05. The summed E-state index contributed by atoms with van der Waals surface area (Å²) >= 11 is 0. The lowest BCUT2D eigenvalue weighted by molar-refractivity contribution is -0.127. The third-order valence-corrected chi connectivity index (χ3v) is 2.96. The number of carbonyl (C=O) groups is 1. The van der Waals surface area contributed by atoms with Crippen LogP contribution in [-0.2, 0) is 4.79 Å². The van der Waals surface area contributed by atoms with Crippen LogP contribution in [0.2, 0.25) is 0 Å². The predicted octanol–water partition coefficient (Wildman–Crippen LogP) is 2.10. The van der Waals surface area contributed by atoms with Crippen molar-refractivity contribution in [1.82, 2.24) is 9.88 Å². The Bertz CT molecular complexity index is 494. The second-order valence-corrected chi connectivity index (χ2v) is 4.85. The molecule has 1 heterocycles. The van der Waals surface area contributed by atoms with Gasteiger partial charge in [-0.1, -0.05) is 6.92 Å². The first kappa shape index (κ1) is 17.1. The summed E-state index contributed by atoms with van der Waals surface area (Å²) in [7, 11) is 3.25. The summed E-state index contributed by atoms with van der Waals surface area (Å²) in [6.45, 7) is 4.64. The van der Waals surface area contributed by atoms with Gasteiger partial charge in [0.05, 0.1) is 6.54 Å². The molecular weight excluding hydrogens is 278 g/mol. The van der Waals surface area contributed by atoms with E-state index in [0.29, 0.717) is 13.1 Å². The van der Waals surface area contributed by atoms with E-state index in [1.54, 1.807) is 21.0 Å². The van der Waals surface area contributed by atoms with Crippen LogP contribution in [0.5, 0.6) is 0 Å². The van der Waals surface area contributed by atoms with E-state index in [-0.39, 0.29) is 24.1 Å². The average Bonchev–Trinajstić information content (AvgIpc) is 2.44. The molecule has 0 aliphatic carbocycles. The SMILES string of the molecule is CCCNc1nc(N(CC)CC(=O)N(C)C)c(F)cc1F. The summed E-state index contributed by atoms with van der Waals surface area (Å²) in [6, 6.07) is 0.795. The van der Waals surface area contributed by atoms with Gasteiger partial charge in [-0.2, -0.15) is 0 Å². The number of likely N-dealkylation sites (N-methyl/N-ethyl adjacent to an activating group) is 2. The molecular formula is C14H22F2N4O. The molecule has 0 fully saturated rings. The van der Waals surface area contributed by atoms with E-state index in [9.17, 15) is 13.6 Å². The lowest BCUT2D eigenvalue weighted by Gasteiger charge is -2.24. The zero-order valence-electron chi connectivity index (χ0n) is 12.9. The van der Waals surface area contributed by atoms with E-state index < -0.39 is 11.6 Å². The van der Waals surface area contributed by atoms with Crippen molar-refractivity contribution in [3.8, 4) is 0 Å². The first-order valence-corrected chi connectivity index (χ1v) is 6.95. The predicted molar refractivity (Wildman–Crippen MR) is 79.5 cm³/mol. The second kappa shape index (κ2) is 7.75. The van der Waals surface area contributed by atoms with E-state index in [0.717, 1.165) is 12.5 Å². The van der Waals surface area contributed by atoms with Crippen LogP contribution < -0.4 is 10.2 Å². The quantitative estimate of drug-likeness (QED) is 0.838. The fourth-order valence-electron chi connectivity index (χ4n) is 1.69. The molecule has 1 amide bonds. The van der Waals surface area contributed by atoms with E-state index in [4.69, 9.17) is 0 Å².